The van der Waals surface area contributed by atoms with Gasteiger partial charge in [0.2, 0.25) is 0 Å². The van der Waals surface area contributed by atoms with Crippen LogP contribution >= 0.6 is 0 Å². The molecule has 100 valence electrons. The van der Waals surface area contributed by atoms with Gasteiger partial charge in [0.05, 0.1) is 12.7 Å². The Morgan fingerprint density at radius 1 is 1.61 bits per heavy atom. The lowest BCUT2D eigenvalue weighted by atomic mass is 9.57. The van der Waals surface area contributed by atoms with Gasteiger partial charge in [0, 0.05) is 5.92 Å². The zero-order chi connectivity index (χ0) is 13.5. The summed E-state index contributed by atoms with van der Waals surface area (Å²) in [6.45, 7) is 7.82. The molecule has 0 aromatic carbocycles. The molecule has 2 rings (SSSR count). The number of fused-ring (bicyclic) bond motifs is 1. The van der Waals surface area contributed by atoms with E-state index in [0.717, 1.165) is 18.4 Å². The molecule has 0 unspecified atom stereocenters. The topological polar surface area (TPSA) is 57.5 Å². The normalized spacial score (nSPS) is 40.1. The van der Waals surface area contributed by atoms with Gasteiger partial charge in [0.15, 0.2) is 5.78 Å². The molecule has 0 aromatic rings. The van der Waals surface area contributed by atoms with Gasteiger partial charge in [-0.3, -0.25) is 4.79 Å². The van der Waals surface area contributed by atoms with Crippen LogP contribution in [0.2, 0.25) is 0 Å². The monoisotopic (exact) mass is 250 g/mol. The molecule has 0 bridgehead atoms. The second kappa shape index (κ2) is 4.63. The number of carbonyl (C=O) groups excluding carboxylic acids is 1. The summed E-state index contributed by atoms with van der Waals surface area (Å²) in [7, 11) is 0. The second-order valence-corrected chi connectivity index (χ2v) is 5.96. The Balaban J connectivity index is 2.36. The predicted molar refractivity (Wildman–Crippen MR) is 69.9 cm³/mol. The first-order valence-electron chi connectivity index (χ1n) is 6.61. The van der Waals surface area contributed by atoms with Crippen molar-refractivity contribution in [2.24, 2.45) is 17.3 Å². The van der Waals surface area contributed by atoms with Crippen LogP contribution in [0.5, 0.6) is 0 Å². The summed E-state index contributed by atoms with van der Waals surface area (Å²) >= 11 is 0. The van der Waals surface area contributed by atoms with Crippen LogP contribution in [0.1, 0.15) is 33.1 Å². The van der Waals surface area contributed by atoms with E-state index in [4.69, 9.17) is 0 Å². The summed E-state index contributed by atoms with van der Waals surface area (Å²) in [6, 6.07) is 0. The van der Waals surface area contributed by atoms with Crippen molar-refractivity contribution >= 4 is 5.78 Å². The van der Waals surface area contributed by atoms with E-state index in [0.29, 0.717) is 12.0 Å². The number of ketones is 1. The maximum atomic E-state index is 12.1. The van der Waals surface area contributed by atoms with E-state index < -0.39 is 0 Å². The Morgan fingerprint density at radius 3 is 2.89 bits per heavy atom. The third kappa shape index (κ3) is 1.95. The molecule has 18 heavy (non-hydrogen) atoms. The zero-order valence-electron chi connectivity index (χ0n) is 11.1. The molecule has 0 spiro atoms. The lowest BCUT2D eigenvalue weighted by Gasteiger charge is -2.48. The molecular weight excluding hydrogens is 228 g/mol. The van der Waals surface area contributed by atoms with Gasteiger partial charge in [-0.15, -0.1) is 0 Å². The average Bonchev–Trinajstić information content (AvgIpc) is 2.35. The Labute approximate surface area is 108 Å². The van der Waals surface area contributed by atoms with Crippen molar-refractivity contribution in [2.75, 3.05) is 6.61 Å². The maximum Gasteiger partial charge on any atom is 0.162 e. The van der Waals surface area contributed by atoms with E-state index in [-0.39, 0.29) is 35.7 Å². The SMILES string of the molecule is C=C(CO)[C@@H]1C[C@@]2(C)C(=CC1=O)CC[C@@H](O)[C@@H]2C. The summed E-state index contributed by atoms with van der Waals surface area (Å²) in [6.07, 6.45) is 3.63. The molecule has 0 heterocycles. The maximum absolute atomic E-state index is 12.1. The molecule has 0 aromatic heterocycles. The lowest BCUT2D eigenvalue weighted by molar-refractivity contribution is -0.120. The zero-order valence-corrected chi connectivity index (χ0v) is 11.1. The number of carbonyl (C=O) groups is 1. The van der Waals surface area contributed by atoms with Crippen molar-refractivity contribution in [1.82, 2.24) is 0 Å². The van der Waals surface area contributed by atoms with Crippen molar-refractivity contribution in [1.29, 1.82) is 0 Å². The number of aliphatic hydroxyl groups is 2. The number of allylic oxidation sites excluding steroid dienone is 2. The Bertz CT molecular complexity index is 410. The van der Waals surface area contributed by atoms with E-state index in [2.05, 4.69) is 13.5 Å². The summed E-state index contributed by atoms with van der Waals surface area (Å²) in [5.41, 5.74) is 1.60. The number of hydrogen-bond acceptors (Lipinski definition) is 3. The number of aliphatic hydroxyl groups excluding tert-OH is 2. The third-order valence-electron chi connectivity index (χ3n) is 5.01. The molecule has 2 N–H and O–H groups in total. The minimum Gasteiger partial charge on any atom is -0.393 e. The van der Waals surface area contributed by atoms with Crippen LogP contribution < -0.4 is 0 Å². The third-order valence-corrected chi connectivity index (χ3v) is 5.01. The first kappa shape index (κ1) is 13.5. The van der Waals surface area contributed by atoms with Gasteiger partial charge >= 0.3 is 0 Å². The smallest absolute Gasteiger partial charge is 0.162 e. The highest BCUT2D eigenvalue weighted by atomic mass is 16.3. The predicted octanol–water partition coefficient (Wildman–Crippen LogP) is 1.85. The first-order chi connectivity index (χ1) is 8.40. The number of rotatable bonds is 2. The molecular formula is C15H22O3. The summed E-state index contributed by atoms with van der Waals surface area (Å²) in [4.78, 5) is 12.1. The average molecular weight is 250 g/mol. The molecule has 0 saturated heterocycles. The van der Waals surface area contributed by atoms with Crippen molar-refractivity contribution in [3.63, 3.8) is 0 Å². The van der Waals surface area contributed by atoms with Gasteiger partial charge in [-0.2, -0.15) is 0 Å². The second-order valence-electron chi connectivity index (χ2n) is 5.96. The van der Waals surface area contributed by atoms with Gasteiger partial charge in [0.1, 0.15) is 0 Å². The van der Waals surface area contributed by atoms with Crippen LogP contribution in [0, 0.1) is 17.3 Å². The highest BCUT2D eigenvalue weighted by Gasteiger charge is 2.47. The molecule has 0 radical (unpaired) electrons. The van der Waals surface area contributed by atoms with E-state index in [1.165, 1.54) is 0 Å². The Hall–Kier alpha value is -0.930. The van der Waals surface area contributed by atoms with Gasteiger partial charge in [0.25, 0.3) is 0 Å². The fourth-order valence-electron chi connectivity index (χ4n) is 3.36. The standard InChI is InChI=1S/C15H22O3/c1-9(8-16)12-7-15(3)10(2)13(17)5-4-11(15)6-14(12)18/h6,10,12-13,16-17H,1,4-5,7-8H2,2-3H3/t10-,12-,13+,15+/m0/s1. The van der Waals surface area contributed by atoms with Crippen LogP contribution in [0.4, 0.5) is 0 Å². The van der Waals surface area contributed by atoms with Gasteiger partial charge in [-0.25, -0.2) is 0 Å². The van der Waals surface area contributed by atoms with E-state index in [1.807, 2.05) is 6.92 Å². The quantitative estimate of drug-likeness (QED) is 0.735. The van der Waals surface area contributed by atoms with Crippen LogP contribution in [-0.4, -0.2) is 28.7 Å². The van der Waals surface area contributed by atoms with Crippen molar-refractivity contribution in [3.05, 3.63) is 23.8 Å². The van der Waals surface area contributed by atoms with E-state index in [1.54, 1.807) is 6.08 Å². The Morgan fingerprint density at radius 2 is 2.28 bits per heavy atom. The highest BCUT2D eigenvalue weighted by molar-refractivity contribution is 5.95. The highest BCUT2D eigenvalue weighted by Crippen LogP contribution is 2.52. The minimum atomic E-state index is -0.302. The molecule has 0 aliphatic heterocycles. The van der Waals surface area contributed by atoms with Crippen LogP contribution in [0.25, 0.3) is 0 Å². The van der Waals surface area contributed by atoms with Crippen molar-refractivity contribution in [2.45, 2.75) is 39.2 Å². The van der Waals surface area contributed by atoms with Crippen LogP contribution in [0.15, 0.2) is 23.8 Å². The van der Waals surface area contributed by atoms with Crippen molar-refractivity contribution < 1.29 is 15.0 Å². The molecule has 3 heteroatoms. The summed E-state index contributed by atoms with van der Waals surface area (Å²) in [5.74, 6) is -0.0961. The fraction of sp³-hybridized carbons (Fsp3) is 0.667. The minimum absolute atomic E-state index is 0.0603. The molecule has 0 amide bonds. The van der Waals surface area contributed by atoms with Crippen LogP contribution in [-0.2, 0) is 4.79 Å². The van der Waals surface area contributed by atoms with Gasteiger partial charge < -0.3 is 10.2 Å². The lowest BCUT2D eigenvalue weighted by Crippen LogP contribution is -2.45. The number of hydrogen-bond donors (Lipinski definition) is 2. The van der Waals surface area contributed by atoms with Gasteiger partial charge in [-0.05, 0) is 42.2 Å². The van der Waals surface area contributed by atoms with E-state index in [9.17, 15) is 15.0 Å². The first-order valence-corrected chi connectivity index (χ1v) is 6.61. The largest absolute Gasteiger partial charge is 0.393 e. The molecule has 2 aliphatic carbocycles. The molecule has 1 fully saturated rings. The fourth-order valence-corrected chi connectivity index (χ4v) is 3.36. The Kier molecular flexibility index (Phi) is 3.47. The van der Waals surface area contributed by atoms with Crippen LogP contribution in [0.3, 0.4) is 0 Å². The van der Waals surface area contributed by atoms with Crippen molar-refractivity contribution in [3.8, 4) is 0 Å². The molecule has 3 nitrogen and oxygen atoms in total. The summed E-state index contributed by atoms with van der Waals surface area (Å²) < 4.78 is 0. The molecule has 1 saturated carbocycles. The molecule has 2 aliphatic rings. The molecule has 4 atom stereocenters. The van der Waals surface area contributed by atoms with Gasteiger partial charge in [-0.1, -0.05) is 26.0 Å². The summed E-state index contributed by atoms with van der Waals surface area (Å²) in [5, 5.41) is 19.2. The van der Waals surface area contributed by atoms with E-state index >= 15 is 0 Å².